The number of hydrogen-bond donors (Lipinski definition) is 2. The van der Waals surface area contributed by atoms with Gasteiger partial charge in [-0.05, 0) is 77.3 Å². The van der Waals surface area contributed by atoms with Gasteiger partial charge in [-0.25, -0.2) is 0 Å². The molecule has 1 aromatic carbocycles. The first kappa shape index (κ1) is 21.6. The first-order valence-electron chi connectivity index (χ1n) is 10.6. The molecule has 1 aliphatic heterocycles. The molecule has 29 heavy (non-hydrogen) atoms. The molecule has 0 saturated carbocycles. The standard InChI is InChI=1S/C24H35N3O2/c1-6-29-22-13-18(10-11-21(22)28)16-27(17-19-9-7-8-12-25-19)20-14-23(2,3)26-24(4,5)15-20/h7-13,20,26,28H,6,14-17H2,1-5H3. The third kappa shape index (κ3) is 5.94. The number of nitrogens with zero attached hydrogens (tertiary/aromatic N) is 2. The predicted molar refractivity (Wildman–Crippen MR) is 117 cm³/mol. The summed E-state index contributed by atoms with van der Waals surface area (Å²) in [5.41, 5.74) is 2.35. The van der Waals surface area contributed by atoms with Gasteiger partial charge in [0.25, 0.3) is 0 Å². The summed E-state index contributed by atoms with van der Waals surface area (Å²) in [4.78, 5) is 7.09. The molecule has 158 valence electrons. The second-order valence-electron chi connectivity index (χ2n) is 9.42. The van der Waals surface area contributed by atoms with E-state index in [1.54, 1.807) is 6.07 Å². The van der Waals surface area contributed by atoms with Crippen molar-refractivity contribution in [2.24, 2.45) is 0 Å². The van der Waals surface area contributed by atoms with Crippen LogP contribution in [0.4, 0.5) is 0 Å². The van der Waals surface area contributed by atoms with Crippen LogP contribution >= 0.6 is 0 Å². The molecule has 5 heteroatoms. The largest absolute Gasteiger partial charge is 0.504 e. The lowest BCUT2D eigenvalue weighted by atomic mass is 9.79. The zero-order chi connectivity index (χ0) is 21.1. The monoisotopic (exact) mass is 397 g/mol. The van der Waals surface area contributed by atoms with Gasteiger partial charge in [0, 0.05) is 36.4 Å². The number of pyridine rings is 1. The van der Waals surface area contributed by atoms with E-state index in [2.05, 4.69) is 49.0 Å². The van der Waals surface area contributed by atoms with Crippen molar-refractivity contribution in [3.63, 3.8) is 0 Å². The Morgan fingerprint density at radius 2 is 1.83 bits per heavy atom. The van der Waals surface area contributed by atoms with Crippen LogP contribution in [-0.2, 0) is 13.1 Å². The van der Waals surface area contributed by atoms with Crippen LogP contribution < -0.4 is 10.1 Å². The molecule has 0 aliphatic carbocycles. The molecule has 3 rings (SSSR count). The molecule has 2 N–H and O–H groups in total. The van der Waals surface area contributed by atoms with Crippen molar-refractivity contribution in [2.45, 2.75) is 77.7 Å². The Morgan fingerprint density at radius 1 is 1.10 bits per heavy atom. The summed E-state index contributed by atoms with van der Waals surface area (Å²) in [6.07, 6.45) is 4.00. The molecule has 0 radical (unpaired) electrons. The predicted octanol–water partition coefficient (Wildman–Crippen LogP) is 4.50. The van der Waals surface area contributed by atoms with E-state index in [1.807, 2.05) is 37.4 Å². The molecule has 2 heterocycles. The smallest absolute Gasteiger partial charge is 0.161 e. The van der Waals surface area contributed by atoms with E-state index in [1.165, 1.54) is 0 Å². The minimum atomic E-state index is 0.0697. The molecule has 0 bridgehead atoms. The van der Waals surface area contributed by atoms with Crippen molar-refractivity contribution in [3.8, 4) is 11.5 Å². The molecule has 2 aromatic rings. The van der Waals surface area contributed by atoms with Gasteiger partial charge in [-0.15, -0.1) is 0 Å². The summed E-state index contributed by atoms with van der Waals surface area (Å²) in [6.45, 7) is 13.2. The Hall–Kier alpha value is -2.11. The van der Waals surface area contributed by atoms with E-state index in [0.29, 0.717) is 18.4 Å². The zero-order valence-electron chi connectivity index (χ0n) is 18.4. The number of phenols is 1. The number of ether oxygens (including phenoxy) is 1. The average Bonchev–Trinajstić information content (AvgIpc) is 2.62. The minimum absolute atomic E-state index is 0.0697. The van der Waals surface area contributed by atoms with E-state index in [9.17, 15) is 5.11 Å². The van der Waals surface area contributed by atoms with Gasteiger partial charge < -0.3 is 15.2 Å². The number of aromatic nitrogens is 1. The maximum absolute atomic E-state index is 10.1. The van der Waals surface area contributed by atoms with Crippen molar-refractivity contribution in [2.75, 3.05) is 6.61 Å². The van der Waals surface area contributed by atoms with Gasteiger partial charge in [-0.1, -0.05) is 12.1 Å². The maximum Gasteiger partial charge on any atom is 0.161 e. The van der Waals surface area contributed by atoms with Gasteiger partial charge >= 0.3 is 0 Å². The average molecular weight is 398 g/mol. The van der Waals surface area contributed by atoms with Crippen molar-refractivity contribution >= 4 is 0 Å². The lowest BCUT2D eigenvalue weighted by molar-refractivity contribution is 0.0555. The summed E-state index contributed by atoms with van der Waals surface area (Å²) < 4.78 is 5.60. The summed E-state index contributed by atoms with van der Waals surface area (Å²) >= 11 is 0. The van der Waals surface area contributed by atoms with Crippen LogP contribution in [0.25, 0.3) is 0 Å². The first-order valence-corrected chi connectivity index (χ1v) is 10.6. The first-order chi connectivity index (χ1) is 13.7. The number of hydrogen-bond acceptors (Lipinski definition) is 5. The number of rotatable bonds is 7. The molecule has 1 aromatic heterocycles. The Balaban J connectivity index is 1.88. The van der Waals surface area contributed by atoms with Gasteiger partial charge in [0.05, 0.1) is 12.3 Å². The molecule has 1 aliphatic rings. The molecule has 0 spiro atoms. The second-order valence-corrected chi connectivity index (χ2v) is 9.42. The summed E-state index contributed by atoms with van der Waals surface area (Å²) in [7, 11) is 0. The van der Waals surface area contributed by atoms with E-state index < -0.39 is 0 Å². The lowest BCUT2D eigenvalue weighted by Crippen LogP contribution is -2.62. The number of piperidine rings is 1. The molecule has 0 atom stereocenters. The van der Waals surface area contributed by atoms with Crippen molar-refractivity contribution in [3.05, 3.63) is 53.9 Å². The summed E-state index contributed by atoms with van der Waals surface area (Å²) in [6, 6.07) is 12.2. The van der Waals surface area contributed by atoms with Gasteiger partial charge in [-0.2, -0.15) is 0 Å². The second kappa shape index (κ2) is 8.72. The highest BCUT2D eigenvalue weighted by Gasteiger charge is 2.40. The highest BCUT2D eigenvalue weighted by atomic mass is 16.5. The molecule has 1 saturated heterocycles. The van der Waals surface area contributed by atoms with Gasteiger partial charge in [-0.3, -0.25) is 9.88 Å². The number of aromatic hydroxyl groups is 1. The fourth-order valence-electron chi connectivity index (χ4n) is 4.70. The quantitative estimate of drug-likeness (QED) is 0.720. The Morgan fingerprint density at radius 3 is 2.45 bits per heavy atom. The lowest BCUT2D eigenvalue weighted by Gasteiger charge is -2.49. The van der Waals surface area contributed by atoms with Crippen LogP contribution in [0.15, 0.2) is 42.6 Å². The van der Waals surface area contributed by atoms with Gasteiger partial charge in [0.1, 0.15) is 0 Å². The topological polar surface area (TPSA) is 57.6 Å². The van der Waals surface area contributed by atoms with Crippen molar-refractivity contribution < 1.29 is 9.84 Å². The van der Waals surface area contributed by atoms with E-state index in [-0.39, 0.29) is 16.8 Å². The number of nitrogens with one attached hydrogen (secondary N) is 1. The van der Waals surface area contributed by atoms with Crippen LogP contribution in [0.2, 0.25) is 0 Å². The third-order valence-corrected chi connectivity index (χ3v) is 5.49. The van der Waals surface area contributed by atoms with Crippen LogP contribution in [0, 0.1) is 0 Å². The van der Waals surface area contributed by atoms with Crippen molar-refractivity contribution in [1.29, 1.82) is 0 Å². The number of phenolic OH excluding ortho intramolecular Hbond substituents is 1. The summed E-state index contributed by atoms with van der Waals surface area (Å²) in [5, 5.41) is 13.8. The molecule has 1 fully saturated rings. The highest BCUT2D eigenvalue weighted by molar-refractivity contribution is 5.41. The SMILES string of the molecule is CCOc1cc(CN(Cc2ccccn2)C2CC(C)(C)NC(C)(C)C2)ccc1O. The normalized spacial score (nSPS) is 18.7. The minimum Gasteiger partial charge on any atom is -0.504 e. The van der Waals surface area contributed by atoms with Crippen LogP contribution in [0.5, 0.6) is 11.5 Å². The highest BCUT2D eigenvalue weighted by Crippen LogP contribution is 2.34. The molecular formula is C24H35N3O2. The fraction of sp³-hybridized carbons (Fsp3) is 0.542. The van der Waals surface area contributed by atoms with Gasteiger partial charge in [0.15, 0.2) is 11.5 Å². The van der Waals surface area contributed by atoms with Gasteiger partial charge in [0.2, 0.25) is 0 Å². The maximum atomic E-state index is 10.1. The number of benzene rings is 1. The van der Waals surface area contributed by atoms with Crippen LogP contribution in [0.1, 0.15) is 58.7 Å². The van der Waals surface area contributed by atoms with Crippen LogP contribution in [-0.4, -0.2) is 38.7 Å². The fourth-order valence-corrected chi connectivity index (χ4v) is 4.70. The Bertz CT molecular complexity index is 789. The van der Waals surface area contributed by atoms with E-state index in [4.69, 9.17) is 4.74 Å². The molecule has 5 nitrogen and oxygen atoms in total. The zero-order valence-corrected chi connectivity index (χ0v) is 18.4. The van der Waals surface area contributed by atoms with Crippen molar-refractivity contribution in [1.82, 2.24) is 15.2 Å². The van der Waals surface area contributed by atoms with Crippen LogP contribution in [0.3, 0.4) is 0 Å². The van der Waals surface area contributed by atoms with E-state index in [0.717, 1.165) is 37.2 Å². The Labute approximate surface area is 175 Å². The summed E-state index contributed by atoms with van der Waals surface area (Å²) in [5.74, 6) is 0.741. The third-order valence-electron chi connectivity index (χ3n) is 5.49. The molecule has 0 unspecified atom stereocenters. The molecular weight excluding hydrogens is 362 g/mol. The Kier molecular flexibility index (Phi) is 6.49. The van der Waals surface area contributed by atoms with E-state index >= 15 is 0 Å². The molecule has 0 amide bonds.